The van der Waals surface area contributed by atoms with Gasteiger partial charge in [-0.15, -0.1) is 0 Å². The molecule has 0 radical (unpaired) electrons. The van der Waals surface area contributed by atoms with Crippen molar-refractivity contribution in [1.82, 2.24) is 0 Å². The first-order valence-electron chi connectivity index (χ1n) is 11.5. The van der Waals surface area contributed by atoms with E-state index in [1.807, 2.05) is 13.0 Å². The maximum absolute atomic E-state index is 12.1. The van der Waals surface area contributed by atoms with Gasteiger partial charge in [-0.2, -0.15) is 0 Å². The molecule has 1 aromatic carbocycles. The maximum atomic E-state index is 12.1. The molecule has 1 aromatic rings. The second-order valence-corrected chi connectivity index (χ2v) is 9.63. The smallest absolute Gasteiger partial charge is 0.308 e. The number of hydrogen-bond donors (Lipinski definition) is 0. The molecule has 170 valence electrons. The number of unbranched alkanes of at least 4 members (excludes halogenated alkanes) is 2. The van der Waals surface area contributed by atoms with Crippen LogP contribution in [-0.4, -0.2) is 5.97 Å². The van der Waals surface area contributed by atoms with Crippen LogP contribution in [0.25, 0.3) is 0 Å². The quantitative estimate of drug-likeness (QED) is 0.133. The molecule has 31 heavy (non-hydrogen) atoms. The van der Waals surface area contributed by atoms with E-state index in [0.717, 1.165) is 61.0 Å². The second kappa shape index (κ2) is 9.89. The standard InChI is InChI=1S/C28H40O3/c1-10-11-12-13-23-16-24(30-20(4)5)26(25(17-23)31-22(7)29)28(9)18-21(6)14-15-27(28,8)19(2)3/h16-18H,2,4,10-15H2,1,3,5-9H3. The summed E-state index contributed by atoms with van der Waals surface area (Å²) in [6.07, 6.45) is 8.63. The summed E-state index contributed by atoms with van der Waals surface area (Å²) in [5.74, 6) is 1.58. The van der Waals surface area contributed by atoms with Crippen molar-refractivity contribution in [3.63, 3.8) is 0 Å². The molecule has 3 heteroatoms. The molecular weight excluding hydrogens is 384 g/mol. The molecule has 2 rings (SSSR count). The Morgan fingerprint density at radius 3 is 2.19 bits per heavy atom. The first-order chi connectivity index (χ1) is 14.4. The third-order valence-corrected chi connectivity index (χ3v) is 6.89. The number of carbonyl (C=O) groups is 1. The lowest BCUT2D eigenvalue weighted by Gasteiger charge is -2.50. The summed E-state index contributed by atoms with van der Waals surface area (Å²) < 4.78 is 12.0. The van der Waals surface area contributed by atoms with E-state index in [1.54, 1.807) is 0 Å². The lowest BCUT2D eigenvalue weighted by molar-refractivity contribution is -0.132. The van der Waals surface area contributed by atoms with E-state index in [4.69, 9.17) is 9.47 Å². The van der Waals surface area contributed by atoms with Gasteiger partial charge >= 0.3 is 5.97 Å². The molecule has 3 nitrogen and oxygen atoms in total. The van der Waals surface area contributed by atoms with Gasteiger partial charge in [0.15, 0.2) is 0 Å². The van der Waals surface area contributed by atoms with Crippen LogP contribution in [0.4, 0.5) is 0 Å². The molecule has 1 aliphatic rings. The minimum atomic E-state index is -0.446. The molecule has 2 unspecified atom stereocenters. The predicted octanol–water partition coefficient (Wildman–Crippen LogP) is 7.84. The molecule has 0 aliphatic heterocycles. The predicted molar refractivity (Wildman–Crippen MR) is 130 cm³/mol. The van der Waals surface area contributed by atoms with Crippen LogP contribution in [-0.2, 0) is 16.6 Å². The van der Waals surface area contributed by atoms with E-state index >= 15 is 0 Å². The summed E-state index contributed by atoms with van der Waals surface area (Å²) in [4.78, 5) is 12.1. The molecule has 0 heterocycles. The topological polar surface area (TPSA) is 35.5 Å². The van der Waals surface area contributed by atoms with Crippen molar-refractivity contribution in [2.24, 2.45) is 5.41 Å². The summed E-state index contributed by atoms with van der Waals surface area (Å²) in [5.41, 5.74) is 3.79. The van der Waals surface area contributed by atoms with Crippen LogP contribution in [0.15, 0.2) is 48.3 Å². The number of hydrogen-bond acceptors (Lipinski definition) is 3. The summed E-state index contributed by atoms with van der Waals surface area (Å²) in [6, 6.07) is 4.13. The van der Waals surface area contributed by atoms with Crippen LogP contribution >= 0.6 is 0 Å². The van der Waals surface area contributed by atoms with Crippen molar-refractivity contribution in [1.29, 1.82) is 0 Å². The van der Waals surface area contributed by atoms with Crippen LogP contribution in [0.1, 0.15) is 91.7 Å². The highest BCUT2D eigenvalue weighted by Crippen LogP contribution is 2.58. The Morgan fingerprint density at radius 2 is 1.68 bits per heavy atom. The molecule has 0 bridgehead atoms. The number of rotatable bonds is 9. The number of benzene rings is 1. The van der Waals surface area contributed by atoms with Crippen molar-refractivity contribution < 1.29 is 14.3 Å². The average Bonchev–Trinajstić information content (AvgIpc) is 2.64. The lowest BCUT2D eigenvalue weighted by atomic mass is 9.54. The lowest BCUT2D eigenvalue weighted by Crippen LogP contribution is -2.43. The van der Waals surface area contributed by atoms with Crippen molar-refractivity contribution in [3.05, 3.63) is 59.4 Å². The van der Waals surface area contributed by atoms with Gasteiger partial charge in [-0.25, -0.2) is 0 Å². The second-order valence-electron chi connectivity index (χ2n) is 9.63. The van der Waals surface area contributed by atoms with Gasteiger partial charge in [0, 0.05) is 23.3 Å². The van der Waals surface area contributed by atoms with E-state index in [2.05, 4.69) is 59.9 Å². The SMILES string of the molecule is C=C(C)Oc1cc(CCCCC)cc(OC(C)=O)c1C1(C)C=C(C)CCC1(C)C(=C)C. The average molecular weight is 425 g/mol. The van der Waals surface area contributed by atoms with Gasteiger partial charge in [0.25, 0.3) is 0 Å². The van der Waals surface area contributed by atoms with Crippen molar-refractivity contribution in [2.75, 3.05) is 0 Å². The number of carbonyl (C=O) groups excluding carboxylic acids is 1. The molecule has 0 N–H and O–H groups in total. The van der Waals surface area contributed by atoms with Crippen molar-refractivity contribution in [3.8, 4) is 11.5 Å². The molecule has 0 fully saturated rings. The zero-order valence-corrected chi connectivity index (χ0v) is 20.6. The number of ether oxygens (including phenoxy) is 2. The molecule has 0 saturated heterocycles. The molecule has 0 spiro atoms. The van der Waals surface area contributed by atoms with E-state index in [1.165, 1.54) is 12.5 Å². The Kier molecular flexibility index (Phi) is 7.97. The van der Waals surface area contributed by atoms with Gasteiger partial charge in [-0.1, -0.05) is 64.0 Å². The van der Waals surface area contributed by atoms with Gasteiger partial charge < -0.3 is 9.47 Å². The highest BCUT2D eigenvalue weighted by atomic mass is 16.5. The van der Waals surface area contributed by atoms with Gasteiger partial charge in [0.2, 0.25) is 0 Å². The zero-order valence-electron chi connectivity index (χ0n) is 20.6. The summed E-state index contributed by atoms with van der Waals surface area (Å²) >= 11 is 0. The van der Waals surface area contributed by atoms with E-state index in [-0.39, 0.29) is 11.4 Å². The number of allylic oxidation sites excluding steroid dienone is 4. The number of esters is 1. The summed E-state index contributed by atoms with van der Waals surface area (Å²) in [7, 11) is 0. The zero-order chi connectivity index (χ0) is 23.4. The monoisotopic (exact) mass is 424 g/mol. The van der Waals surface area contributed by atoms with E-state index in [0.29, 0.717) is 11.5 Å². The fourth-order valence-corrected chi connectivity index (χ4v) is 4.82. The minimum absolute atomic E-state index is 0.210. The van der Waals surface area contributed by atoms with Crippen LogP contribution in [0.5, 0.6) is 11.5 Å². The Hall–Kier alpha value is -2.29. The first-order valence-corrected chi connectivity index (χ1v) is 11.5. The first kappa shape index (κ1) is 25.0. The highest BCUT2D eigenvalue weighted by molar-refractivity contribution is 5.71. The van der Waals surface area contributed by atoms with Crippen molar-refractivity contribution >= 4 is 5.97 Å². The Morgan fingerprint density at radius 1 is 1.06 bits per heavy atom. The number of aryl methyl sites for hydroxylation is 1. The van der Waals surface area contributed by atoms with Gasteiger partial charge in [-0.3, -0.25) is 4.79 Å². The van der Waals surface area contributed by atoms with Gasteiger partial charge in [0.05, 0.1) is 5.76 Å². The Bertz CT molecular complexity index is 855. The minimum Gasteiger partial charge on any atom is -0.462 e. The summed E-state index contributed by atoms with van der Waals surface area (Å²) in [5, 5.41) is 0. The summed E-state index contributed by atoms with van der Waals surface area (Å²) in [6.45, 7) is 22.6. The normalized spacial score (nSPS) is 23.1. The fourth-order valence-electron chi connectivity index (χ4n) is 4.82. The molecule has 1 aliphatic carbocycles. The third-order valence-electron chi connectivity index (χ3n) is 6.89. The molecule has 2 atom stereocenters. The molecule has 0 saturated carbocycles. The highest BCUT2D eigenvalue weighted by Gasteiger charge is 2.49. The molecule has 0 aromatic heterocycles. The molecule has 0 amide bonds. The van der Waals surface area contributed by atoms with E-state index < -0.39 is 5.41 Å². The Labute approximate surface area is 189 Å². The van der Waals surface area contributed by atoms with Crippen LogP contribution < -0.4 is 9.47 Å². The fraction of sp³-hybridized carbons (Fsp3) is 0.536. The largest absolute Gasteiger partial charge is 0.462 e. The van der Waals surface area contributed by atoms with Crippen LogP contribution in [0.2, 0.25) is 0 Å². The Balaban J connectivity index is 2.83. The van der Waals surface area contributed by atoms with Crippen molar-refractivity contribution in [2.45, 2.75) is 92.4 Å². The van der Waals surface area contributed by atoms with Gasteiger partial charge in [-0.05, 0) is 64.2 Å². The van der Waals surface area contributed by atoms with Gasteiger partial charge in [0.1, 0.15) is 11.5 Å². The van der Waals surface area contributed by atoms with E-state index in [9.17, 15) is 4.79 Å². The maximum Gasteiger partial charge on any atom is 0.308 e. The molecular formula is C28H40O3. The van der Waals surface area contributed by atoms with Crippen LogP contribution in [0, 0.1) is 5.41 Å². The van der Waals surface area contributed by atoms with Crippen LogP contribution in [0.3, 0.4) is 0 Å². The third kappa shape index (κ3) is 5.31.